The number of amides is 1. The molecule has 1 saturated heterocycles. The number of aromatic nitrogens is 1. The Kier molecular flexibility index (Phi) is 8.49. The lowest BCUT2D eigenvalue weighted by Crippen LogP contribution is -2.50. The van der Waals surface area contributed by atoms with Crippen molar-refractivity contribution >= 4 is 32.9 Å². The smallest absolute Gasteiger partial charge is 0.267 e. The SMILES string of the molecule is CS(=O)(=O)N1CCN(CCN(CCc2c[nH]c3ccccc23)C2CCc3cc(C=CC(=O)NO)ccc32)CC1. The molecule has 1 fully saturated rings. The maximum Gasteiger partial charge on any atom is 0.267 e. The zero-order valence-electron chi connectivity index (χ0n) is 22.3. The molecule has 9 nitrogen and oxygen atoms in total. The molecule has 5 rings (SSSR count). The Morgan fingerprint density at radius 3 is 2.72 bits per heavy atom. The van der Waals surface area contributed by atoms with Gasteiger partial charge in [-0.1, -0.05) is 36.4 Å². The van der Waals surface area contributed by atoms with Gasteiger partial charge in [-0.2, -0.15) is 4.31 Å². The van der Waals surface area contributed by atoms with Crippen LogP contribution in [0.3, 0.4) is 0 Å². The van der Waals surface area contributed by atoms with E-state index in [1.54, 1.807) is 15.9 Å². The molecule has 0 radical (unpaired) electrons. The highest BCUT2D eigenvalue weighted by Crippen LogP contribution is 2.37. The number of sulfonamides is 1. The van der Waals surface area contributed by atoms with Crippen LogP contribution < -0.4 is 5.48 Å². The van der Waals surface area contributed by atoms with E-state index in [-0.39, 0.29) is 0 Å². The van der Waals surface area contributed by atoms with Crippen LogP contribution in [0.15, 0.2) is 54.7 Å². The third-order valence-corrected chi connectivity index (χ3v) is 9.34. The van der Waals surface area contributed by atoms with Gasteiger partial charge in [0.1, 0.15) is 0 Å². The van der Waals surface area contributed by atoms with Crippen LogP contribution in [0.2, 0.25) is 0 Å². The fraction of sp³-hybridized carbons (Fsp3) is 0.414. The molecule has 1 amide bonds. The molecular formula is C29H37N5O4S. The Labute approximate surface area is 230 Å². The third kappa shape index (κ3) is 6.59. The zero-order valence-corrected chi connectivity index (χ0v) is 23.2. The number of nitrogens with one attached hydrogen (secondary N) is 2. The monoisotopic (exact) mass is 551 g/mol. The summed E-state index contributed by atoms with van der Waals surface area (Å²) in [6.45, 7) is 5.32. The van der Waals surface area contributed by atoms with Crippen LogP contribution in [0.1, 0.15) is 34.7 Å². The van der Waals surface area contributed by atoms with E-state index in [4.69, 9.17) is 5.21 Å². The molecule has 1 aromatic heterocycles. The van der Waals surface area contributed by atoms with Gasteiger partial charge in [0.05, 0.1) is 6.26 Å². The van der Waals surface area contributed by atoms with Crippen molar-refractivity contribution in [2.75, 3.05) is 52.1 Å². The molecule has 0 spiro atoms. The number of nitrogens with zero attached hydrogens (tertiary/aromatic N) is 3. The van der Waals surface area contributed by atoms with Crippen molar-refractivity contribution < 1.29 is 18.4 Å². The Hall–Kier alpha value is -3.02. The number of aromatic amines is 1. The molecule has 0 saturated carbocycles. The third-order valence-electron chi connectivity index (χ3n) is 8.04. The second-order valence-corrected chi connectivity index (χ2v) is 12.5. The molecule has 1 atom stereocenters. The van der Waals surface area contributed by atoms with E-state index in [2.05, 4.69) is 51.3 Å². The number of H-pyrrole nitrogens is 1. The molecule has 208 valence electrons. The summed E-state index contributed by atoms with van der Waals surface area (Å²) in [5.74, 6) is -0.547. The predicted octanol–water partition coefficient (Wildman–Crippen LogP) is 2.80. The van der Waals surface area contributed by atoms with Crippen molar-refractivity contribution in [3.63, 3.8) is 0 Å². The van der Waals surface area contributed by atoms with Crippen LogP contribution in [0.4, 0.5) is 0 Å². The summed E-state index contributed by atoms with van der Waals surface area (Å²) in [6.07, 6.45) is 9.40. The fourth-order valence-corrected chi connectivity index (χ4v) is 6.71. The van der Waals surface area contributed by atoms with Gasteiger partial charge in [-0.05, 0) is 53.7 Å². The topological polar surface area (TPSA) is 109 Å². The van der Waals surface area contributed by atoms with E-state index < -0.39 is 15.9 Å². The Morgan fingerprint density at radius 2 is 1.95 bits per heavy atom. The van der Waals surface area contributed by atoms with E-state index in [1.807, 2.05) is 12.1 Å². The van der Waals surface area contributed by atoms with Gasteiger partial charge in [0, 0.05) is 75.0 Å². The first-order valence-electron chi connectivity index (χ1n) is 13.5. The average Bonchev–Trinajstić information content (AvgIpc) is 3.55. The molecule has 10 heteroatoms. The van der Waals surface area contributed by atoms with Crippen LogP contribution >= 0.6 is 0 Å². The zero-order chi connectivity index (χ0) is 27.4. The van der Waals surface area contributed by atoms with Gasteiger partial charge in [0.15, 0.2) is 0 Å². The van der Waals surface area contributed by atoms with Crippen molar-refractivity contribution in [2.45, 2.75) is 25.3 Å². The van der Waals surface area contributed by atoms with Gasteiger partial charge in [-0.25, -0.2) is 13.9 Å². The second kappa shape index (κ2) is 12.0. The first-order valence-corrected chi connectivity index (χ1v) is 15.4. The van der Waals surface area contributed by atoms with Crippen LogP contribution in [0, 0.1) is 0 Å². The molecule has 39 heavy (non-hydrogen) atoms. The van der Waals surface area contributed by atoms with Crippen molar-refractivity contribution in [2.24, 2.45) is 0 Å². The molecule has 3 N–H and O–H groups in total. The van der Waals surface area contributed by atoms with Gasteiger partial charge in [-0.15, -0.1) is 0 Å². The number of carbonyl (C=O) groups is 1. The number of carbonyl (C=O) groups excluding carboxylic acids is 1. The predicted molar refractivity (Wildman–Crippen MR) is 153 cm³/mol. The fourth-order valence-electron chi connectivity index (χ4n) is 5.89. The number of rotatable bonds is 10. The maximum atomic E-state index is 11.9. The first kappa shape index (κ1) is 27.5. The lowest BCUT2D eigenvalue weighted by Gasteiger charge is -2.36. The van der Waals surface area contributed by atoms with Crippen LogP contribution in [0.25, 0.3) is 17.0 Å². The van der Waals surface area contributed by atoms with Crippen molar-refractivity contribution in [3.05, 3.63) is 77.0 Å². The van der Waals surface area contributed by atoms with Crippen LogP contribution in [0.5, 0.6) is 0 Å². The number of aryl methyl sites for hydroxylation is 1. The summed E-state index contributed by atoms with van der Waals surface area (Å²) < 4.78 is 25.4. The molecule has 3 aromatic rings. The Bertz CT molecular complexity index is 1440. The number of piperazine rings is 1. The quantitative estimate of drug-likeness (QED) is 0.203. The number of benzene rings is 2. The number of hydroxylamine groups is 1. The van der Waals surface area contributed by atoms with Gasteiger partial charge < -0.3 is 4.98 Å². The molecule has 2 aromatic carbocycles. The first-order chi connectivity index (χ1) is 18.8. The van der Waals surface area contributed by atoms with Gasteiger partial charge >= 0.3 is 0 Å². The molecule has 0 bridgehead atoms. The lowest BCUT2D eigenvalue weighted by molar-refractivity contribution is -0.124. The summed E-state index contributed by atoms with van der Waals surface area (Å²) in [5, 5.41) is 10.0. The number of hydrogen-bond acceptors (Lipinski definition) is 6. The largest absolute Gasteiger partial charge is 0.361 e. The van der Waals surface area contributed by atoms with E-state index >= 15 is 0 Å². The highest BCUT2D eigenvalue weighted by molar-refractivity contribution is 7.88. The van der Waals surface area contributed by atoms with Crippen molar-refractivity contribution in [1.29, 1.82) is 0 Å². The second-order valence-electron chi connectivity index (χ2n) is 10.5. The summed E-state index contributed by atoms with van der Waals surface area (Å²) in [7, 11) is -3.14. The Balaban J connectivity index is 1.30. The maximum absolute atomic E-state index is 11.9. The lowest BCUT2D eigenvalue weighted by atomic mass is 10.0. The molecule has 2 heterocycles. The molecular weight excluding hydrogens is 514 g/mol. The number of para-hydroxylation sites is 1. The van der Waals surface area contributed by atoms with E-state index in [1.165, 1.54) is 34.4 Å². The minimum Gasteiger partial charge on any atom is -0.361 e. The standard InChI is InChI=1S/C29H37N5O4S/c1-39(37,38)34-18-15-32(16-19-34)14-17-33(13-12-24-21-30-27-5-3-2-4-25(24)27)28-10-8-23-20-22(6-9-26(23)28)7-11-29(35)31-36/h2-7,9,11,20-21,28,30,36H,8,10,12-19H2,1H3,(H,31,35). The summed E-state index contributed by atoms with van der Waals surface area (Å²) >= 11 is 0. The molecule has 1 aliphatic carbocycles. The van der Waals surface area contributed by atoms with Crippen LogP contribution in [-0.4, -0.2) is 90.7 Å². The van der Waals surface area contributed by atoms with E-state index in [9.17, 15) is 13.2 Å². The summed E-state index contributed by atoms with van der Waals surface area (Å²) in [6, 6.07) is 15.1. The highest BCUT2D eigenvalue weighted by atomic mass is 32.2. The van der Waals surface area contributed by atoms with Gasteiger partial charge in [-0.3, -0.25) is 19.8 Å². The summed E-state index contributed by atoms with van der Waals surface area (Å²) in [5.41, 5.74) is 7.67. The highest BCUT2D eigenvalue weighted by Gasteiger charge is 2.29. The average molecular weight is 552 g/mol. The number of hydrogen-bond donors (Lipinski definition) is 3. The van der Waals surface area contributed by atoms with Crippen molar-refractivity contribution in [3.8, 4) is 0 Å². The molecule has 1 unspecified atom stereocenters. The molecule has 2 aliphatic rings. The Morgan fingerprint density at radius 1 is 1.15 bits per heavy atom. The number of fused-ring (bicyclic) bond motifs is 2. The van der Waals surface area contributed by atoms with E-state index in [0.717, 1.165) is 63.1 Å². The van der Waals surface area contributed by atoms with Crippen molar-refractivity contribution in [1.82, 2.24) is 24.6 Å². The normalized spacial score (nSPS) is 18.8. The van der Waals surface area contributed by atoms with Crippen LogP contribution in [-0.2, 0) is 27.7 Å². The van der Waals surface area contributed by atoms with E-state index in [0.29, 0.717) is 19.1 Å². The summed E-state index contributed by atoms with van der Waals surface area (Å²) in [4.78, 5) is 19.7. The minimum absolute atomic E-state index is 0.307. The minimum atomic E-state index is -3.14. The van der Waals surface area contributed by atoms with Gasteiger partial charge in [0.2, 0.25) is 10.0 Å². The van der Waals surface area contributed by atoms with Gasteiger partial charge in [0.25, 0.3) is 5.91 Å². The molecule has 1 aliphatic heterocycles.